The molecule has 4 heteroatoms. The molecular weight excluding hydrogens is 288 g/mol. The van der Waals surface area contributed by atoms with E-state index in [1.807, 2.05) is 23.8 Å². The molecule has 106 valence electrons. The third-order valence-corrected chi connectivity index (χ3v) is 4.70. The first kappa shape index (κ1) is 14.1. The number of hydrogen-bond acceptors (Lipinski definition) is 3. The van der Waals surface area contributed by atoms with Gasteiger partial charge in [0, 0.05) is 22.1 Å². The topological polar surface area (TPSA) is 24.9 Å². The maximum Gasteiger partial charge on any atom is 0.0794 e. The van der Waals surface area contributed by atoms with Crippen molar-refractivity contribution in [1.29, 1.82) is 0 Å². The highest BCUT2D eigenvalue weighted by atomic mass is 35.5. The lowest BCUT2D eigenvalue weighted by Gasteiger charge is -2.17. The smallest absolute Gasteiger partial charge is 0.0794 e. The highest BCUT2D eigenvalue weighted by Gasteiger charge is 2.22. The van der Waals surface area contributed by atoms with Gasteiger partial charge in [-0.1, -0.05) is 23.7 Å². The summed E-state index contributed by atoms with van der Waals surface area (Å²) in [7, 11) is 0. The Bertz CT molecular complexity index is 537. The zero-order valence-electron chi connectivity index (χ0n) is 11.4. The van der Waals surface area contributed by atoms with Gasteiger partial charge >= 0.3 is 0 Å². The number of nitrogens with one attached hydrogen (secondary N) is 1. The summed E-state index contributed by atoms with van der Waals surface area (Å²) in [6, 6.07) is 8.99. The van der Waals surface area contributed by atoms with Crippen LogP contribution in [0.2, 0.25) is 5.02 Å². The van der Waals surface area contributed by atoms with Gasteiger partial charge in [-0.3, -0.25) is 4.98 Å². The summed E-state index contributed by atoms with van der Waals surface area (Å²) in [6.45, 7) is 1.08. The lowest BCUT2D eigenvalue weighted by molar-refractivity contribution is 0.471. The summed E-state index contributed by atoms with van der Waals surface area (Å²) in [5.41, 5.74) is 3.24. The molecule has 1 saturated carbocycles. The summed E-state index contributed by atoms with van der Waals surface area (Å²) < 4.78 is 0. The Kier molecular flexibility index (Phi) is 4.71. The zero-order chi connectivity index (χ0) is 13.8. The van der Waals surface area contributed by atoms with Crippen molar-refractivity contribution in [1.82, 2.24) is 10.3 Å². The number of thiazole rings is 1. The van der Waals surface area contributed by atoms with Crippen LogP contribution in [0.4, 0.5) is 0 Å². The van der Waals surface area contributed by atoms with Crippen LogP contribution in [0.25, 0.3) is 0 Å². The fourth-order valence-corrected chi connectivity index (χ4v) is 3.39. The quantitative estimate of drug-likeness (QED) is 0.838. The molecule has 2 aromatic rings. The van der Waals surface area contributed by atoms with Gasteiger partial charge in [-0.2, -0.15) is 0 Å². The van der Waals surface area contributed by atoms with Crippen LogP contribution in [0.1, 0.15) is 23.3 Å². The fraction of sp³-hybridized carbons (Fsp3) is 0.438. The predicted molar refractivity (Wildman–Crippen MR) is 85.5 cm³/mol. The van der Waals surface area contributed by atoms with E-state index >= 15 is 0 Å². The van der Waals surface area contributed by atoms with Gasteiger partial charge in [0.2, 0.25) is 0 Å². The summed E-state index contributed by atoms with van der Waals surface area (Å²) in [5.74, 6) is 0.606. The number of aromatic nitrogens is 1. The molecule has 1 aliphatic rings. The highest BCUT2D eigenvalue weighted by Crippen LogP contribution is 2.22. The monoisotopic (exact) mass is 306 g/mol. The van der Waals surface area contributed by atoms with Crippen molar-refractivity contribution < 1.29 is 0 Å². The van der Waals surface area contributed by atoms with E-state index in [-0.39, 0.29) is 0 Å². The van der Waals surface area contributed by atoms with Gasteiger partial charge in [0.05, 0.1) is 5.51 Å². The minimum atomic E-state index is 0.606. The van der Waals surface area contributed by atoms with Gasteiger partial charge in [-0.15, -0.1) is 11.3 Å². The van der Waals surface area contributed by atoms with Crippen LogP contribution in [0.15, 0.2) is 36.0 Å². The third-order valence-electron chi connectivity index (χ3n) is 3.66. The zero-order valence-corrected chi connectivity index (χ0v) is 13.0. The van der Waals surface area contributed by atoms with Crippen molar-refractivity contribution in [3.05, 3.63) is 51.4 Å². The summed E-state index contributed by atoms with van der Waals surface area (Å²) >= 11 is 7.83. The van der Waals surface area contributed by atoms with Gasteiger partial charge in [-0.25, -0.2) is 0 Å². The summed E-state index contributed by atoms with van der Waals surface area (Å²) in [5, 5.41) is 4.48. The molecule has 1 N–H and O–H groups in total. The molecule has 0 aliphatic heterocycles. The van der Waals surface area contributed by atoms with Gasteiger partial charge in [-0.05, 0) is 55.8 Å². The number of benzene rings is 1. The molecule has 1 aromatic carbocycles. The summed E-state index contributed by atoms with van der Waals surface area (Å²) in [4.78, 5) is 5.55. The highest BCUT2D eigenvalue weighted by molar-refractivity contribution is 7.09. The van der Waals surface area contributed by atoms with Crippen molar-refractivity contribution >= 4 is 22.9 Å². The third kappa shape index (κ3) is 4.30. The molecule has 0 spiro atoms. The molecule has 1 unspecified atom stereocenters. The first-order valence-corrected chi connectivity index (χ1v) is 8.40. The number of rotatable bonds is 7. The fourth-order valence-electron chi connectivity index (χ4n) is 2.46. The van der Waals surface area contributed by atoms with Crippen LogP contribution in [-0.2, 0) is 12.8 Å². The van der Waals surface area contributed by atoms with E-state index in [9.17, 15) is 0 Å². The average Bonchev–Trinajstić information content (AvgIpc) is 3.12. The first-order chi connectivity index (χ1) is 9.79. The molecule has 1 fully saturated rings. The van der Waals surface area contributed by atoms with Gasteiger partial charge in [0.25, 0.3) is 0 Å². The van der Waals surface area contributed by atoms with Crippen molar-refractivity contribution in [3.63, 3.8) is 0 Å². The first-order valence-electron chi connectivity index (χ1n) is 7.15. The second-order valence-electron chi connectivity index (χ2n) is 5.55. The molecule has 20 heavy (non-hydrogen) atoms. The number of hydrogen-bond donors (Lipinski definition) is 1. The second-order valence-corrected chi connectivity index (χ2v) is 6.96. The van der Waals surface area contributed by atoms with Crippen LogP contribution in [0, 0.1) is 5.92 Å². The molecule has 1 aromatic heterocycles. The van der Waals surface area contributed by atoms with Crippen molar-refractivity contribution in [2.75, 3.05) is 6.54 Å². The molecular formula is C16H19ClN2S. The van der Waals surface area contributed by atoms with E-state index < -0.39 is 0 Å². The van der Waals surface area contributed by atoms with Gasteiger partial charge in [0.1, 0.15) is 0 Å². The van der Waals surface area contributed by atoms with Crippen molar-refractivity contribution in [2.24, 2.45) is 5.92 Å². The van der Waals surface area contributed by atoms with Crippen LogP contribution in [0.5, 0.6) is 0 Å². The lowest BCUT2D eigenvalue weighted by atomic mass is 9.95. The van der Waals surface area contributed by atoms with Crippen LogP contribution >= 0.6 is 22.9 Å². The molecule has 0 saturated heterocycles. The minimum Gasteiger partial charge on any atom is -0.314 e. The molecule has 1 aliphatic carbocycles. The second kappa shape index (κ2) is 6.70. The minimum absolute atomic E-state index is 0.606. The van der Waals surface area contributed by atoms with Crippen LogP contribution in [-0.4, -0.2) is 17.6 Å². The standard InChI is InChI=1S/C16H19ClN2S/c17-14-3-1-2-12(7-14)6-13(9-19-15-4-5-15)8-16-10-18-11-20-16/h1-3,7,10-11,13,15,19H,4-6,8-9H2. The van der Waals surface area contributed by atoms with E-state index in [1.54, 1.807) is 11.3 Å². The molecule has 2 nitrogen and oxygen atoms in total. The maximum atomic E-state index is 6.08. The maximum absolute atomic E-state index is 6.08. The largest absolute Gasteiger partial charge is 0.314 e. The Balaban J connectivity index is 1.63. The van der Waals surface area contributed by atoms with Crippen LogP contribution < -0.4 is 5.32 Å². The van der Waals surface area contributed by atoms with Gasteiger partial charge < -0.3 is 5.32 Å². The number of halogens is 1. The lowest BCUT2D eigenvalue weighted by Crippen LogP contribution is -2.27. The number of nitrogens with zero attached hydrogens (tertiary/aromatic N) is 1. The SMILES string of the molecule is Clc1cccc(CC(CNC2CC2)Cc2cncs2)c1. The Hall–Kier alpha value is -0.900. The Morgan fingerprint density at radius 3 is 2.95 bits per heavy atom. The molecule has 1 heterocycles. The van der Waals surface area contributed by atoms with E-state index in [1.165, 1.54) is 23.3 Å². The molecule has 3 rings (SSSR count). The van der Waals surface area contributed by atoms with E-state index in [4.69, 9.17) is 11.6 Å². The molecule has 0 bridgehead atoms. The molecule has 1 atom stereocenters. The Morgan fingerprint density at radius 2 is 2.25 bits per heavy atom. The summed E-state index contributed by atoms with van der Waals surface area (Å²) in [6.07, 6.45) is 6.83. The Morgan fingerprint density at radius 1 is 1.35 bits per heavy atom. The van der Waals surface area contributed by atoms with Crippen LogP contribution in [0.3, 0.4) is 0 Å². The average molecular weight is 307 g/mol. The normalized spacial score (nSPS) is 16.2. The predicted octanol–water partition coefficient (Wildman–Crippen LogP) is 3.95. The van der Waals surface area contributed by atoms with E-state index in [2.05, 4.69) is 22.4 Å². The van der Waals surface area contributed by atoms with Crippen molar-refractivity contribution in [3.8, 4) is 0 Å². The van der Waals surface area contributed by atoms with Crippen molar-refractivity contribution in [2.45, 2.75) is 31.7 Å². The Labute approximate surface area is 129 Å². The molecule has 0 radical (unpaired) electrons. The van der Waals surface area contributed by atoms with E-state index in [0.29, 0.717) is 5.92 Å². The van der Waals surface area contributed by atoms with Gasteiger partial charge in [0.15, 0.2) is 0 Å². The molecule has 0 amide bonds. The van der Waals surface area contributed by atoms with E-state index in [0.717, 1.165) is 30.5 Å².